The predicted molar refractivity (Wildman–Crippen MR) is 34.0 cm³/mol. The summed E-state index contributed by atoms with van der Waals surface area (Å²) in [6.45, 7) is 0. The van der Waals surface area contributed by atoms with E-state index in [4.69, 9.17) is 0 Å². The molecule has 1 unspecified atom stereocenters. The van der Waals surface area contributed by atoms with Crippen molar-refractivity contribution >= 4 is 19.6 Å². The maximum Gasteiger partial charge on any atom is 0.118 e. The second-order valence-electron chi connectivity index (χ2n) is 1.82. The number of hydrogen-bond donors (Lipinski definition) is 0. The third kappa shape index (κ3) is 0.936. The highest BCUT2D eigenvalue weighted by molar-refractivity contribution is 8.01. The van der Waals surface area contributed by atoms with E-state index < -0.39 is 0 Å². The molecular formula is C4H9BS. The van der Waals surface area contributed by atoms with Crippen LogP contribution in [0.5, 0.6) is 0 Å². The highest BCUT2D eigenvalue weighted by Gasteiger charge is 2.07. The summed E-state index contributed by atoms with van der Waals surface area (Å²) < 4.78 is 0. The molecule has 0 aliphatic carbocycles. The van der Waals surface area contributed by atoms with Crippen LogP contribution in [0.2, 0.25) is 0 Å². The van der Waals surface area contributed by atoms with Gasteiger partial charge in [-0.15, -0.1) is 0 Å². The lowest BCUT2D eigenvalue weighted by Gasteiger charge is -1.90. The van der Waals surface area contributed by atoms with Crippen molar-refractivity contribution in [2.75, 3.05) is 5.75 Å². The third-order valence-corrected chi connectivity index (χ3v) is 2.49. The summed E-state index contributed by atoms with van der Waals surface area (Å²) in [5.74, 6) is 1.40. The maximum atomic E-state index is 2.30. The Hall–Kier alpha value is 0.415. The normalized spacial score (nSPS) is 34.3. The second kappa shape index (κ2) is 1.92. The summed E-state index contributed by atoms with van der Waals surface area (Å²) in [6, 6.07) is 0. The maximum absolute atomic E-state index is 2.30. The van der Waals surface area contributed by atoms with E-state index in [1.54, 1.807) is 0 Å². The molecule has 1 saturated heterocycles. The molecule has 0 bridgehead atoms. The molecule has 1 aliphatic rings. The Bertz CT molecular complexity index is 40.8. The zero-order valence-electron chi connectivity index (χ0n) is 4.11. The summed E-state index contributed by atoms with van der Waals surface area (Å²) >= 11 is 2.10. The molecule has 1 heterocycles. The van der Waals surface area contributed by atoms with Gasteiger partial charge in [-0.05, 0) is 23.7 Å². The Morgan fingerprint density at radius 2 is 2.50 bits per heavy atom. The van der Waals surface area contributed by atoms with Crippen LogP contribution in [0.3, 0.4) is 0 Å². The fourth-order valence-corrected chi connectivity index (χ4v) is 1.81. The fraction of sp³-hybridized carbons (Fsp3) is 1.00. The van der Waals surface area contributed by atoms with Gasteiger partial charge in [0.15, 0.2) is 0 Å². The minimum atomic E-state index is 0.963. The molecule has 1 fully saturated rings. The van der Waals surface area contributed by atoms with Gasteiger partial charge in [0, 0.05) is 0 Å². The van der Waals surface area contributed by atoms with Gasteiger partial charge in [-0.25, -0.2) is 0 Å². The second-order valence-corrected chi connectivity index (χ2v) is 3.37. The molecule has 0 N–H and O–H groups in total. The topological polar surface area (TPSA) is 0 Å². The Balaban J connectivity index is 2.18. The molecule has 34 valence electrons. The summed E-state index contributed by atoms with van der Waals surface area (Å²) in [7, 11) is 2.30. The van der Waals surface area contributed by atoms with E-state index in [2.05, 4.69) is 19.6 Å². The molecule has 2 heteroatoms. The lowest BCUT2D eigenvalue weighted by molar-refractivity contribution is 0.918. The van der Waals surface area contributed by atoms with Crippen molar-refractivity contribution in [3.63, 3.8) is 0 Å². The minimum absolute atomic E-state index is 0.963. The molecule has 0 nitrogen and oxygen atoms in total. The highest BCUT2D eigenvalue weighted by Crippen LogP contribution is 2.22. The van der Waals surface area contributed by atoms with Crippen molar-refractivity contribution in [2.24, 2.45) is 0 Å². The summed E-state index contributed by atoms with van der Waals surface area (Å²) in [5.41, 5.74) is 0. The van der Waals surface area contributed by atoms with Crippen molar-refractivity contribution in [3.8, 4) is 0 Å². The van der Waals surface area contributed by atoms with Gasteiger partial charge >= 0.3 is 0 Å². The molecule has 0 spiro atoms. The van der Waals surface area contributed by atoms with E-state index in [-0.39, 0.29) is 0 Å². The van der Waals surface area contributed by atoms with Crippen LogP contribution in [0.15, 0.2) is 0 Å². The Labute approximate surface area is 44.1 Å². The molecule has 1 rings (SSSR count). The molecule has 0 aromatic rings. The van der Waals surface area contributed by atoms with Gasteiger partial charge in [0.25, 0.3) is 0 Å². The van der Waals surface area contributed by atoms with Crippen molar-refractivity contribution in [2.45, 2.75) is 18.0 Å². The summed E-state index contributed by atoms with van der Waals surface area (Å²) in [5, 5.41) is 0.963. The van der Waals surface area contributed by atoms with Gasteiger partial charge in [0.2, 0.25) is 0 Å². The van der Waals surface area contributed by atoms with E-state index in [0.29, 0.717) is 0 Å². The Morgan fingerprint density at radius 1 is 1.67 bits per heavy atom. The predicted octanol–water partition coefficient (Wildman–Crippen LogP) is 0.473. The first-order chi connectivity index (χ1) is 2.89. The van der Waals surface area contributed by atoms with Crippen LogP contribution < -0.4 is 0 Å². The first-order valence-electron chi connectivity index (χ1n) is 2.51. The quantitative estimate of drug-likeness (QED) is 0.399. The van der Waals surface area contributed by atoms with Gasteiger partial charge in [0.05, 0.1) is 0 Å². The van der Waals surface area contributed by atoms with Gasteiger partial charge < -0.3 is 0 Å². The number of hydrogen-bond acceptors (Lipinski definition) is 1. The van der Waals surface area contributed by atoms with Crippen LogP contribution in [0.1, 0.15) is 12.8 Å². The van der Waals surface area contributed by atoms with Crippen molar-refractivity contribution in [1.82, 2.24) is 0 Å². The van der Waals surface area contributed by atoms with Gasteiger partial charge in [-0.2, -0.15) is 11.8 Å². The first kappa shape index (κ1) is 4.57. The lowest BCUT2D eigenvalue weighted by Crippen LogP contribution is -1.90. The molecule has 0 aromatic carbocycles. The summed E-state index contributed by atoms with van der Waals surface area (Å²) in [6.07, 6.45) is 2.90. The average Bonchev–Trinajstić information content (AvgIpc) is 1.86. The van der Waals surface area contributed by atoms with E-state index in [1.807, 2.05) is 0 Å². The molecule has 0 amide bonds. The molecule has 0 saturated carbocycles. The standard InChI is InChI=1S/C4H9BS/c5-4-2-1-3-6-4/h4H,1-3,5H2. The smallest absolute Gasteiger partial charge is 0.118 e. The first-order valence-corrected chi connectivity index (χ1v) is 3.56. The van der Waals surface area contributed by atoms with Crippen molar-refractivity contribution in [1.29, 1.82) is 0 Å². The molecular weight excluding hydrogens is 90.9 g/mol. The van der Waals surface area contributed by atoms with Crippen LogP contribution >= 0.6 is 11.8 Å². The van der Waals surface area contributed by atoms with Crippen LogP contribution in [0.4, 0.5) is 0 Å². The van der Waals surface area contributed by atoms with Gasteiger partial charge in [0.1, 0.15) is 7.85 Å². The Morgan fingerprint density at radius 3 is 2.67 bits per heavy atom. The molecule has 0 radical (unpaired) electrons. The van der Waals surface area contributed by atoms with Crippen molar-refractivity contribution < 1.29 is 0 Å². The van der Waals surface area contributed by atoms with Gasteiger partial charge in [-0.3, -0.25) is 0 Å². The fourth-order valence-electron chi connectivity index (χ4n) is 0.739. The number of rotatable bonds is 0. The molecule has 6 heavy (non-hydrogen) atoms. The lowest BCUT2D eigenvalue weighted by atomic mass is 10.0. The summed E-state index contributed by atoms with van der Waals surface area (Å²) in [4.78, 5) is 0. The average molecular weight is 100.0 g/mol. The van der Waals surface area contributed by atoms with Crippen LogP contribution in [0.25, 0.3) is 0 Å². The van der Waals surface area contributed by atoms with E-state index in [1.165, 1.54) is 18.6 Å². The zero-order valence-corrected chi connectivity index (χ0v) is 4.92. The Kier molecular flexibility index (Phi) is 1.46. The molecule has 0 aromatic heterocycles. The van der Waals surface area contributed by atoms with Crippen LogP contribution in [0, 0.1) is 0 Å². The highest BCUT2D eigenvalue weighted by atomic mass is 32.2. The van der Waals surface area contributed by atoms with E-state index >= 15 is 0 Å². The SMILES string of the molecule is BC1CCCS1. The number of thioether (sulfide) groups is 1. The molecule has 1 atom stereocenters. The minimum Gasteiger partial charge on any atom is -0.168 e. The van der Waals surface area contributed by atoms with Crippen molar-refractivity contribution in [3.05, 3.63) is 0 Å². The van der Waals surface area contributed by atoms with Crippen LogP contribution in [-0.2, 0) is 0 Å². The monoisotopic (exact) mass is 100 g/mol. The molecule has 1 aliphatic heterocycles. The zero-order chi connectivity index (χ0) is 4.41. The van der Waals surface area contributed by atoms with Crippen LogP contribution in [-0.4, -0.2) is 18.7 Å². The van der Waals surface area contributed by atoms with Gasteiger partial charge in [-0.1, -0.05) is 0 Å². The van der Waals surface area contributed by atoms with E-state index in [0.717, 1.165) is 5.15 Å². The largest absolute Gasteiger partial charge is 0.168 e. The van der Waals surface area contributed by atoms with E-state index in [9.17, 15) is 0 Å². The third-order valence-electron chi connectivity index (χ3n) is 1.16.